The number of carbonyl (C=O) groups is 2. The summed E-state index contributed by atoms with van der Waals surface area (Å²) < 4.78 is 4.68. The molecule has 1 heterocycles. The summed E-state index contributed by atoms with van der Waals surface area (Å²) in [6, 6.07) is -0.567. The summed E-state index contributed by atoms with van der Waals surface area (Å²) in [5.41, 5.74) is 1.05. The summed E-state index contributed by atoms with van der Waals surface area (Å²) in [5, 5.41) is 5.66. The zero-order chi connectivity index (χ0) is 11.4. The lowest BCUT2D eigenvalue weighted by Crippen LogP contribution is -2.50. The van der Waals surface area contributed by atoms with Gasteiger partial charge < -0.3 is 15.4 Å². The van der Waals surface area contributed by atoms with E-state index < -0.39 is 5.97 Å². The molecule has 2 amide bonds. The first kappa shape index (κ1) is 12.0. The largest absolute Gasteiger partial charge is 0.466 e. The quantitative estimate of drug-likeness (QED) is 0.595. The minimum atomic E-state index is -0.413. The number of halogens is 1. The molecule has 1 aliphatic rings. The van der Waals surface area contributed by atoms with Crippen LogP contribution in [-0.4, -0.2) is 30.5 Å². The van der Waals surface area contributed by atoms with Crippen molar-refractivity contribution in [3.8, 4) is 0 Å². The van der Waals surface area contributed by atoms with E-state index in [0.29, 0.717) is 23.0 Å². The minimum absolute atomic E-state index is 0.279. The highest BCUT2D eigenvalue weighted by Gasteiger charge is 2.30. The zero-order valence-electron chi connectivity index (χ0n) is 8.59. The normalized spacial score (nSPS) is 20.7. The molecule has 84 valence electrons. The second kappa shape index (κ2) is 5.16. The summed E-state index contributed by atoms with van der Waals surface area (Å²) in [4.78, 5) is 22.7. The molecule has 0 radical (unpaired) electrons. The molecule has 1 rings (SSSR count). The molecule has 0 aliphatic carbocycles. The molecule has 1 atom stereocenters. The number of alkyl halides is 1. The molecule has 0 fully saturated rings. The highest BCUT2D eigenvalue weighted by atomic mass is 79.9. The van der Waals surface area contributed by atoms with Crippen LogP contribution in [0.25, 0.3) is 0 Å². The van der Waals surface area contributed by atoms with Crippen molar-refractivity contribution in [2.45, 2.75) is 19.4 Å². The first-order chi connectivity index (χ1) is 7.13. The lowest BCUT2D eigenvalue weighted by atomic mass is 10.0. The third kappa shape index (κ3) is 2.50. The zero-order valence-corrected chi connectivity index (χ0v) is 10.2. The van der Waals surface area contributed by atoms with Gasteiger partial charge in [0, 0.05) is 11.0 Å². The van der Waals surface area contributed by atoms with Gasteiger partial charge in [-0.15, -0.1) is 0 Å². The summed E-state index contributed by atoms with van der Waals surface area (Å²) >= 11 is 3.22. The molecule has 5 nitrogen and oxygen atoms in total. The van der Waals surface area contributed by atoms with Gasteiger partial charge in [0.1, 0.15) is 0 Å². The maximum absolute atomic E-state index is 11.5. The first-order valence-corrected chi connectivity index (χ1v) is 5.71. The van der Waals surface area contributed by atoms with Crippen molar-refractivity contribution >= 4 is 27.9 Å². The Morgan fingerprint density at radius 3 is 2.73 bits per heavy atom. The van der Waals surface area contributed by atoms with Gasteiger partial charge in [-0.05, 0) is 6.42 Å². The third-order valence-electron chi connectivity index (χ3n) is 2.19. The van der Waals surface area contributed by atoms with Crippen molar-refractivity contribution < 1.29 is 14.3 Å². The Bertz CT molecular complexity index is 314. The van der Waals surface area contributed by atoms with Crippen molar-refractivity contribution in [3.63, 3.8) is 0 Å². The predicted molar refractivity (Wildman–Crippen MR) is 58.6 cm³/mol. The second-order valence-corrected chi connectivity index (χ2v) is 3.64. The van der Waals surface area contributed by atoms with E-state index in [0.717, 1.165) is 0 Å². The van der Waals surface area contributed by atoms with Crippen LogP contribution in [0.1, 0.15) is 13.3 Å². The minimum Gasteiger partial charge on any atom is -0.466 e. The van der Waals surface area contributed by atoms with Crippen molar-refractivity contribution in [3.05, 3.63) is 11.3 Å². The average molecular weight is 277 g/mol. The van der Waals surface area contributed by atoms with Crippen LogP contribution >= 0.6 is 15.9 Å². The number of amides is 2. The molecule has 15 heavy (non-hydrogen) atoms. The fraction of sp³-hybridized carbons (Fsp3) is 0.556. The second-order valence-electron chi connectivity index (χ2n) is 3.08. The smallest absolute Gasteiger partial charge is 0.337 e. The van der Waals surface area contributed by atoms with Gasteiger partial charge in [-0.1, -0.05) is 22.9 Å². The molecule has 1 aliphatic heterocycles. The third-order valence-corrected chi connectivity index (χ3v) is 2.75. The molecule has 0 saturated heterocycles. The molecule has 0 aromatic rings. The Balaban J connectivity index is 3.08. The van der Waals surface area contributed by atoms with Crippen molar-refractivity contribution in [1.82, 2.24) is 10.6 Å². The maximum Gasteiger partial charge on any atom is 0.337 e. The number of nitrogens with one attached hydrogen (secondary N) is 2. The van der Waals surface area contributed by atoms with Gasteiger partial charge in [0.05, 0.1) is 18.7 Å². The fourth-order valence-corrected chi connectivity index (χ4v) is 1.91. The molecule has 0 aromatic heterocycles. The first-order valence-electron chi connectivity index (χ1n) is 4.58. The van der Waals surface area contributed by atoms with Crippen molar-refractivity contribution in [1.29, 1.82) is 0 Å². The van der Waals surface area contributed by atoms with Gasteiger partial charge in [-0.3, -0.25) is 0 Å². The van der Waals surface area contributed by atoms with Gasteiger partial charge in [0.2, 0.25) is 0 Å². The molecular weight excluding hydrogens is 264 g/mol. The van der Waals surface area contributed by atoms with E-state index in [9.17, 15) is 9.59 Å². The molecule has 0 saturated carbocycles. The van der Waals surface area contributed by atoms with Crippen LogP contribution in [0.15, 0.2) is 11.3 Å². The van der Waals surface area contributed by atoms with Crippen molar-refractivity contribution in [2.24, 2.45) is 0 Å². The van der Waals surface area contributed by atoms with E-state index in [1.54, 1.807) is 0 Å². The molecule has 0 bridgehead atoms. The maximum atomic E-state index is 11.5. The molecule has 0 aromatic carbocycles. The van der Waals surface area contributed by atoms with Crippen LogP contribution in [0.5, 0.6) is 0 Å². The van der Waals surface area contributed by atoms with Gasteiger partial charge in [-0.25, -0.2) is 9.59 Å². The summed E-state index contributed by atoms with van der Waals surface area (Å²) in [6.45, 7) is 1.89. The number of methoxy groups -OCH3 is 1. The number of carbonyl (C=O) groups excluding carboxylic acids is 2. The van der Waals surface area contributed by atoms with Gasteiger partial charge in [0.25, 0.3) is 0 Å². The van der Waals surface area contributed by atoms with E-state index in [-0.39, 0.29) is 12.1 Å². The highest BCUT2D eigenvalue weighted by molar-refractivity contribution is 9.09. The molecule has 0 spiro atoms. The van der Waals surface area contributed by atoms with Crippen LogP contribution in [0, 0.1) is 0 Å². The lowest BCUT2D eigenvalue weighted by Gasteiger charge is -2.27. The number of allylic oxidation sites excluding steroid dienone is 1. The van der Waals surface area contributed by atoms with E-state index in [1.807, 2.05) is 6.92 Å². The summed E-state index contributed by atoms with van der Waals surface area (Å²) in [5.74, 6) is -0.413. The van der Waals surface area contributed by atoms with Gasteiger partial charge >= 0.3 is 12.0 Å². The lowest BCUT2D eigenvalue weighted by molar-refractivity contribution is -0.136. The van der Waals surface area contributed by atoms with Crippen LogP contribution in [0.4, 0.5) is 4.79 Å². The van der Waals surface area contributed by atoms with Gasteiger partial charge in [-0.2, -0.15) is 0 Å². The Labute approximate surface area is 96.4 Å². The van der Waals surface area contributed by atoms with Crippen LogP contribution in [0.2, 0.25) is 0 Å². The van der Waals surface area contributed by atoms with Crippen LogP contribution < -0.4 is 10.6 Å². The molecular formula is C9H13BrN2O3. The number of hydrogen-bond acceptors (Lipinski definition) is 3. The van der Waals surface area contributed by atoms with E-state index >= 15 is 0 Å². The predicted octanol–water partition coefficient (Wildman–Crippen LogP) is 0.900. The number of urea groups is 1. The SMILES string of the molecule is CC[C@@H]1NC(=O)NC(CBr)=C1C(=O)OC. The number of rotatable bonds is 3. The van der Waals surface area contributed by atoms with E-state index in [2.05, 4.69) is 31.3 Å². The Morgan fingerprint density at radius 1 is 1.60 bits per heavy atom. The van der Waals surface area contributed by atoms with Crippen LogP contribution in [0.3, 0.4) is 0 Å². The number of esters is 1. The topological polar surface area (TPSA) is 67.4 Å². The molecule has 2 N–H and O–H groups in total. The Morgan fingerprint density at radius 2 is 2.27 bits per heavy atom. The standard InChI is InChI=1S/C9H13BrN2O3/c1-3-5-7(8(13)15-2)6(4-10)12-9(14)11-5/h5H,3-4H2,1-2H3,(H2,11,12,14)/t5-/m0/s1. The van der Waals surface area contributed by atoms with E-state index in [4.69, 9.17) is 0 Å². The summed E-state index contributed by atoms with van der Waals surface area (Å²) in [7, 11) is 1.32. The average Bonchev–Trinajstić information content (AvgIpc) is 2.26. The Hall–Kier alpha value is -1.04. The number of hydrogen-bond donors (Lipinski definition) is 2. The van der Waals surface area contributed by atoms with E-state index in [1.165, 1.54) is 7.11 Å². The van der Waals surface area contributed by atoms with Crippen molar-refractivity contribution in [2.75, 3.05) is 12.4 Å². The van der Waals surface area contributed by atoms with Crippen LogP contribution in [-0.2, 0) is 9.53 Å². The monoisotopic (exact) mass is 276 g/mol. The highest BCUT2D eigenvalue weighted by Crippen LogP contribution is 2.17. The fourth-order valence-electron chi connectivity index (χ4n) is 1.47. The van der Waals surface area contributed by atoms with Gasteiger partial charge in [0.15, 0.2) is 0 Å². The Kier molecular flexibility index (Phi) is 4.14. The molecule has 6 heteroatoms. The summed E-state index contributed by atoms with van der Waals surface area (Å²) in [6.07, 6.45) is 0.647. The number of ether oxygens (including phenoxy) is 1. The molecule has 0 unspecified atom stereocenters.